The molecule has 0 unspecified atom stereocenters. The SMILES string of the molecule is COc1ccc2oc(=O)c(C(=O)N/N=C\c3ccc(Br)cc3)cc2c1. The number of carbonyl (C=O) groups excluding carboxylic acids is 1. The summed E-state index contributed by atoms with van der Waals surface area (Å²) in [5, 5.41) is 4.44. The number of carbonyl (C=O) groups is 1. The molecule has 25 heavy (non-hydrogen) atoms. The average Bonchev–Trinajstić information content (AvgIpc) is 2.62. The minimum atomic E-state index is -0.728. The topological polar surface area (TPSA) is 80.9 Å². The van der Waals surface area contributed by atoms with E-state index in [0.717, 1.165) is 10.0 Å². The predicted molar refractivity (Wildman–Crippen MR) is 98.2 cm³/mol. The number of ether oxygens (including phenoxy) is 1. The zero-order valence-electron chi connectivity index (χ0n) is 13.2. The number of methoxy groups -OCH3 is 1. The number of nitrogens with one attached hydrogen (secondary N) is 1. The van der Waals surface area contributed by atoms with Crippen molar-refractivity contribution in [2.75, 3.05) is 7.11 Å². The predicted octanol–water partition coefficient (Wildman–Crippen LogP) is 3.33. The van der Waals surface area contributed by atoms with Crippen LogP contribution in [0.2, 0.25) is 0 Å². The maximum Gasteiger partial charge on any atom is 0.349 e. The number of benzene rings is 2. The van der Waals surface area contributed by atoms with E-state index in [1.165, 1.54) is 19.4 Å². The summed E-state index contributed by atoms with van der Waals surface area (Å²) in [6.07, 6.45) is 1.48. The molecule has 3 rings (SSSR count). The quantitative estimate of drug-likeness (QED) is 0.413. The van der Waals surface area contributed by atoms with E-state index in [1.54, 1.807) is 18.2 Å². The third-order valence-electron chi connectivity index (χ3n) is 3.43. The molecule has 2 aromatic carbocycles. The molecule has 3 aromatic rings. The number of halogens is 1. The van der Waals surface area contributed by atoms with E-state index in [4.69, 9.17) is 9.15 Å². The van der Waals surface area contributed by atoms with Gasteiger partial charge in [-0.2, -0.15) is 5.10 Å². The van der Waals surface area contributed by atoms with Crippen LogP contribution in [0.15, 0.2) is 67.3 Å². The van der Waals surface area contributed by atoms with Gasteiger partial charge in [-0.25, -0.2) is 10.2 Å². The normalized spacial score (nSPS) is 11.0. The number of fused-ring (bicyclic) bond motifs is 1. The summed E-state index contributed by atoms with van der Waals surface area (Å²) in [6.45, 7) is 0. The van der Waals surface area contributed by atoms with Crippen LogP contribution < -0.4 is 15.8 Å². The molecule has 0 bridgehead atoms. The lowest BCUT2D eigenvalue weighted by atomic mass is 10.1. The van der Waals surface area contributed by atoms with Gasteiger partial charge in [0, 0.05) is 9.86 Å². The number of rotatable bonds is 4. The number of amides is 1. The van der Waals surface area contributed by atoms with Gasteiger partial charge in [0.25, 0.3) is 5.91 Å². The molecule has 1 N–H and O–H groups in total. The second kappa shape index (κ2) is 7.31. The van der Waals surface area contributed by atoms with E-state index in [-0.39, 0.29) is 5.56 Å². The second-order valence-corrected chi connectivity index (χ2v) is 6.02. The van der Waals surface area contributed by atoms with E-state index in [0.29, 0.717) is 16.7 Å². The molecular weight excluding hydrogens is 388 g/mol. The zero-order valence-corrected chi connectivity index (χ0v) is 14.7. The first kappa shape index (κ1) is 16.9. The largest absolute Gasteiger partial charge is 0.497 e. The Hall–Kier alpha value is -2.93. The van der Waals surface area contributed by atoms with Gasteiger partial charge in [-0.05, 0) is 42.0 Å². The average molecular weight is 401 g/mol. The lowest BCUT2D eigenvalue weighted by molar-refractivity contribution is 0.0951. The van der Waals surface area contributed by atoms with Crippen molar-refractivity contribution in [1.29, 1.82) is 0 Å². The van der Waals surface area contributed by atoms with Crippen molar-refractivity contribution in [2.45, 2.75) is 0 Å². The van der Waals surface area contributed by atoms with Crippen molar-refractivity contribution in [1.82, 2.24) is 5.43 Å². The second-order valence-electron chi connectivity index (χ2n) is 5.10. The summed E-state index contributed by atoms with van der Waals surface area (Å²) < 4.78 is 11.2. The molecule has 0 aliphatic carbocycles. The Balaban J connectivity index is 1.82. The first-order chi connectivity index (χ1) is 12.1. The summed E-state index contributed by atoms with van der Waals surface area (Å²) in [6, 6.07) is 13.8. The van der Waals surface area contributed by atoms with Crippen LogP contribution in [0, 0.1) is 0 Å². The highest BCUT2D eigenvalue weighted by atomic mass is 79.9. The molecule has 0 fully saturated rings. The smallest absolute Gasteiger partial charge is 0.349 e. The van der Waals surface area contributed by atoms with Crippen LogP contribution in [0.5, 0.6) is 5.75 Å². The van der Waals surface area contributed by atoms with Gasteiger partial charge in [0.1, 0.15) is 16.9 Å². The van der Waals surface area contributed by atoms with Crippen LogP contribution in [0.4, 0.5) is 0 Å². The van der Waals surface area contributed by atoms with Crippen molar-refractivity contribution in [3.8, 4) is 5.75 Å². The molecule has 1 heterocycles. The Morgan fingerprint density at radius 1 is 1.20 bits per heavy atom. The number of nitrogens with zero attached hydrogens (tertiary/aromatic N) is 1. The molecule has 6 nitrogen and oxygen atoms in total. The molecule has 0 saturated carbocycles. The lowest BCUT2D eigenvalue weighted by Gasteiger charge is -2.03. The van der Waals surface area contributed by atoms with Gasteiger partial charge in [-0.3, -0.25) is 4.79 Å². The molecule has 1 amide bonds. The molecule has 7 heteroatoms. The highest BCUT2D eigenvalue weighted by Gasteiger charge is 2.13. The standard InChI is InChI=1S/C18H13BrN2O4/c1-24-14-6-7-16-12(8-14)9-15(18(23)25-16)17(22)21-20-10-11-2-4-13(19)5-3-11/h2-10H,1H3,(H,21,22)/b20-10-. The van der Waals surface area contributed by atoms with Crippen molar-refractivity contribution in [3.63, 3.8) is 0 Å². The molecule has 0 spiro atoms. The molecule has 0 aliphatic rings. The summed E-state index contributed by atoms with van der Waals surface area (Å²) in [4.78, 5) is 24.2. The number of hydrazone groups is 1. The van der Waals surface area contributed by atoms with Crippen LogP contribution in [0.3, 0.4) is 0 Å². The van der Waals surface area contributed by atoms with Gasteiger partial charge in [0.05, 0.1) is 13.3 Å². The van der Waals surface area contributed by atoms with Gasteiger partial charge in [-0.15, -0.1) is 0 Å². The Bertz CT molecular complexity index is 1010. The van der Waals surface area contributed by atoms with Gasteiger partial charge in [0.2, 0.25) is 0 Å². The number of hydrogen-bond acceptors (Lipinski definition) is 5. The number of hydrogen-bond donors (Lipinski definition) is 1. The minimum Gasteiger partial charge on any atom is -0.497 e. The van der Waals surface area contributed by atoms with Crippen LogP contribution in [-0.2, 0) is 0 Å². The van der Waals surface area contributed by atoms with Gasteiger partial charge < -0.3 is 9.15 Å². The maximum absolute atomic E-state index is 12.2. The zero-order chi connectivity index (χ0) is 17.8. The van der Waals surface area contributed by atoms with Crippen LogP contribution in [-0.4, -0.2) is 19.2 Å². The molecular formula is C18H13BrN2O4. The van der Waals surface area contributed by atoms with E-state index in [1.807, 2.05) is 24.3 Å². The molecule has 0 saturated heterocycles. The Morgan fingerprint density at radius 3 is 2.68 bits per heavy atom. The fourth-order valence-corrected chi connectivity index (χ4v) is 2.43. The highest BCUT2D eigenvalue weighted by Crippen LogP contribution is 2.20. The van der Waals surface area contributed by atoms with E-state index < -0.39 is 11.5 Å². The first-order valence-electron chi connectivity index (χ1n) is 7.28. The summed E-state index contributed by atoms with van der Waals surface area (Å²) >= 11 is 3.34. The Morgan fingerprint density at radius 2 is 1.96 bits per heavy atom. The van der Waals surface area contributed by atoms with E-state index in [9.17, 15) is 9.59 Å². The highest BCUT2D eigenvalue weighted by molar-refractivity contribution is 9.10. The summed E-state index contributed by atoms with van der Waals surface area (Å²) in [5.41, 5.74) is 2.65. The lowest BCUT2D eigenvalue weighted by Crippen LogP contribution is -2.24. The van der Waals surface area contributed by atoms with Crippen molar-refractivity contribution in [3.05, 3.63) is 74.6 Å². The molecule has 0 radical (unpaired) electrons. The van der Waals surface area contributed by atoms with E-state index >= 15 is 0 Å². The molecule has 1 aromatic heterocycles. The third kappa shape index (κ3) is 3.95. The fraction of sp³-hybridized carbons (Fsp3) is 0.0556. The molecule has 0 aliphatic heterocycles. The van der Waals surface area contributed by atoms with Crippen molar-refractivity contribution >= 4 is 39.0 Å². The fourth-order valence-electron chi connectivity index (χ4n) is 2.16. The third-order valence-corrected chi connectivity index (χ3v) is 3.96. The Kier molecular flexibility index (Phi) is 4.95. The molecule has 126 valence electrons. The van der Waals surface area contributed by atoms with Gasteiger partial charge in [0.15, 0.2) is 0 Å². The minimum absolute atomic E-state index is 0.131. The summed E-state index contributed by atoms with van der Waals surface area (Å²) in [5.74, 6) is -0.0483. The Labute approximate surface area is 151 Å². The molecule has 0 atom stereocenters. The maximum atomic E-state index is 12.2. The van der Waals surface area contributed by atoms with Gasteiger partial charge in [-0.1, -0.05) is 28.1 Å². The van der Waals surface area contributed by atoms with Gasteiger partial charge >= 0.3 is 5.63 Å². The monoisotopic (exact) mass is 400 g/mol. The van der Waals surface area contributed by atoms with Crippen molar-refractivity contribution < 1.29 is 13.9 Å². The van der Waals surface area contributed by atoms with E-state index in [2.05, 4.69) is 26.5 Å². The van der Waals surface area contributed by atoms with Crippen LogP contribution in [0.25, 0.3) is 11.0 Å². The summed E-state index contributed by atoms with van der Waals surface area (Å²) in [7, 11) is 1.53. The van der Waals surface area contributed by atoms with Crippen LogP contribution >= 0.6 is 15.9 Å². The first-order valence-corrected chi connectivity index (χ1v) is 8.07. The van der Waals surface area contributed by atoms with Crippen molar-refractivity contribution in [2.24, 2.45) is 5.10 Å². The van der Waals surface area contributed by atoms with Crippen LogP contribution in [0.1, 0.15) is 15.9 Å².